The Morgan fingerprint density at radius 1 is 1.56 bits per heavy atom. The molecule has 0 spiro atoms. The van der Waals surface area contributed by atoms with Crippen LogP contribution >= 0.6 is 0 Å². The highest BCUT2D eigenvalue weighted by molar-refractivity contribution is 5.81. The van der Waals surface area contributed by atoms with E-state index in [1.807, 2.05) is 0 Å². The SMILES string of the molecule is C=CC(=O)OCNc1ccccc1[N+](=O)[O-]. The van der Waals surface area contributed by atoms with Crippen LogP contribution in [0.5, 0.6) is 0 Å². The molecule has 0 fully saturated rings. The number of nitro groups is 1. The fourth-order valence-corrected chi connectivity index (χ4v) is 1.03. The first kappa shape index (κ1) is 11.7. The first-order valence-corrected chi connectivity index (χ1v) is 4.41. The maximum Gasteiger partial charge on any atom is 0.331 e. The van der Waals surface area contributed by atoms with Crippen LogP contribution in [0.25, 0.3) is 0 Å². The van der Waals surface area contributed by atoms with Gasteiger partial charge in [0.05, 0.1) is 4.92 Å². The van der Waals surface area contributed by atoms with Crippen molar-refractivity contribution in [3.05, 3.63) is 47.0 Å². The van der Waals surface area contributed by atoms with E-state index in [-0.39, 0.29) is 12.4 Å². The summed E-state index contributed by atoms with van der Waals surface area (Å²) < 4.78 is 4.64. The predicted molar refractivity (Wildman–Crippen MR) is 57.9 cm³/mol. The molecule has 0 aliphatic heterocycles. The quantitative estimate of drug-likeness (QED) is 0.269. The minimum Gasteiger partial charge on any atom is -0.441 e. The van der Waals surface area contributed by atoms with Gasteiger partial charge in [-0.2, -0.15) is 0 Å². The number of esters is 1. The summed E-state index contributed by atoms with van der Waals surface area (Å²) in [5, 5.41) is 13.2. The molecule has 6 nitrogen and oxygen atoms in total. The Morgan fingerprint density at radius 3 is 2.88 bits per heavy atom. The predicted octanol–water partition coefficient (Wildman–Crippen LogP) is 1.69. The number of para-hydroxylation sites is 2. The molecule has 0 bridgehead atoms. The van der Waals surface area contributed by atoms with Gasteiger partial charge < -0.3 is 10.1 Å². The lowest BCUT2D eigenvalue weighted by atomic mass is 10.3. The Hall–Kier alpha value is -2.37. The number of ether oxygens (including phenoxy) is 1. The van der Waals surface area contributed by atoms with Crippen molar-refractivity contribution in [1.82, 2.24) is 0 Å². The topological polar surface area (TPSA) is 81.5 Å². The van der Waals surface area contributed by atoms with Crippen LogP contribution < -0.4 is 5.32 Å². The van der Waals surface area contributed by atoms with E-state index in [0.29, 0.717) is 5.69 Å². The van der Waals surface area contributed by atoms with Gasteiger partial charge in [0.1, 0.15) is 5.69 Å². The lowest BCUT2D eigenvalue weighted by molar-refractivity contribution is -0.384. The molecule has 1 N–H and O–H groups in total. The normalized spacial score (nSPS) is 9.25. The average Bonchev–Trinajstić information content (AvgIpc) is 2.29. The molecular formula is C10H10N2O4. The highest BCUT2D eigenvalue weighted by atomic mass is 16.6. The van der Waals surface area contributed by atoms with Gasteiger partial charge in [-0.25, -0.2) is 4.79 Å². The van der Waals surface area contributed by atoms with E-state index in [1.54, 1.807) is 12.1 Å². The third-order valence-electron chi connectivity index (χ3n) is 1.74. The molecule has 0 unspecified atom stereocenters. The maximum absolute atomic E-state index is 10.7. The first-order chi connectivity index (χ1) is 7.65. The zero-order valence-corrected chi connectivity index (χ0v) is 8.38. The fraction of sp³-hybridized carbons (Fsp3) is 0.100. The van der Waals surface area contributed by atoms with E-state index >= 15 is 0 Å². The molecule has 6 heteroatoms. The van der Waals surface area contributed by atoms with E-state index in [9.17, 15) is 14.9 Å². The molecule has 1 aromatic rings. The van der Waals surface area contributed by atoms with Gasteiger partial charge in [-0.1, -0.05) is 18.7 Å². The van der Waals surface area contributed by atoms with Crippen molar-refractivity contribution in [1.29, 1.82) is 0 Å². The summed E-state index contributed by atoms with van der Waals surface area (Å²) >= 11 is 0. The van der Waals surface area contributed by atoms with Crippen LogP contribution in [0.15, 0.2) is 36.9 Å². The first-order valence-electron chi connectivity index (χ1n) is 4.41. The molecule has 16 heavy (non-hydrogen) atoms. The van der Waals surface area contributed by atoms with Crippen molar-refractivity contribution < 1.29 is 14.5 Å². The lowest BCUT2D eigenvalue weighted by Gasteiger charge is -2.06. The summed E-state index contributed by atoms with van der Waals surface area (Å²) in [5.74, 6) is -0.592. The van der Waals surface area contributed by atoms with E-state index in [2.05, 4.69) is 16.6 Å². The summed E-state index contributed by atoms with van der Waals surface area (Å²) in [7, 11) is 0. The van der Waals surface area contributed by atoms with Gasteiger partial charge >= 0.3 is 5.97 Å². The Bertz CT molecular complexity index is 417. The second-order valence-electron chi connectivity index (χ2n) is 2.76. The fourth-order valence-electron chi connectivity index (χ4n) is 1.03. The van der Waals surface area contributed by atoms with Crippen molar-refractivity contribution in [3.8, 4) is 0 Å². The van der Waals surface area contributed by atoms with Crippen molar-refractivity contribution in [2.45, 2.75) is 0 Å². The van der Waals surface area contributed by atoms with Crippen LogP contribution in [0.4, 0.5) is 11.4 Å². The molecule has 0 amide bonds. The molecule has 84 valence electrons. The number of nitrogens with one attached hydrogen (secondary N) is 1. The van der Waals surface area contributed by atoms with Gasteiger partial charge in [0, 0.05) is 12.1 Å². The van der Waals surface area contributed by atoms with Crippen LogP contribution in [0, 0.1) is 10.1 Å². The molecule has 1 rings (SSSR count). The van der Waals surface area contributed by atoms with Crippen molar-refractivity contribution >= 4 is 17.3 Å². The third kappa shape index (κ3) is 3.09. The largest absolute Gasteiger partial charge is 0.441 e. The molecule has 0 radical (unpaired) electrons. The number of rotatable bonds is 5. The monoisotopic (exact) mass is 222 g/mol. The second kappa shape index (κ2) is 5.50. The van der Waals surface area contributed by atoms with Gasteiger partial charge in [-0.05, 0) is 6.07 Å². The van der Waals surface area contributed by atoms with E-state index in [0.717, 1.165) is 6.08 Å². The number of anilines is 1. The van der Waals surface area contributed by atoms with Gasteiger partial charge in [-0.15, -0.1) is 0 Å². The van der Waals surface area contributed by atoms with Crippen LogP contribution in [0.2, 0.25) is 0 Å². The Morgan fingerprint density at radius 2 is 2.25 bits per heavy atom. The molecule has 0 aliphatic rings. The summed E-state index contributed by atoms with van der Waals surface area (Å²) in [4.78, 5) is 20.8. The number of nitro benzene ring substituents is 1. The summed E-state index contributed by atoms with van der Waals surface area (Å²) in [6.07, 6.45) is 1.01. The zero-order valence-electron chi connectivity index (χ0n) is 8.38. The number of carbonyl (C=O) groups is 1. The number of benzene rings is 1. The van der Waals surface area contributed by atoms with Crippen molar-refractivity contribution in [2.24, 2.45) is 0 Å². The highest BCUT2D eigenvalue weighted by Gasteiger charge is 2.11. The number of nitrogens with zero attached hydrogens (tertiary/aromatic N) is 1. The summed E-state index contributed by atoms with van der Waals surface area (Å²) in [6, 6.07) is 6.08. The maximum atomic E-state index is 10.7. The summed E-state index contributed by atoms with van der Waals surface area (Å²) in [5.41, 5.74) is 0.224. The van der Waals surface area contributed by atoms with Crippen molar-refractivity contribution in [2.75, 3.05) is 12.0 Å². The lowest BCUT2D eigenvalue weighted by Crippen LogP contribution is -2.11. The average molecular weight is 222 g/mol. The Labute approximate surface area is 91.7 Å². The minimum absolute atomic E-state index is 0.0721. The van der Waals surface area contributed by atoms with Crippen LogP contribution in [-0.4, -0.2) is 17.6 Å². The van der Waals surface area contributed by atoms with E-state index < -0.39 is 10.9 Å². The second-order valence-corrected chi connectivity index (χ2v) is 2.76. The molecular weight excluding hydrogens is 212 g/mol. The Kier molecular flexibility index (Phi) is 4.02. The van der Waals surface area contributed by atoms with Gasteiger partial charge in [-0.3, -0.25) is 10.1 Å². The van der Waals surface area contributed by atoms with Gasteiger partial charge in [0.15, 0.2) is 6.73 Å². The number of hydrogen-bond acceptors (Lipinski definition) is 5. The molecule has 0 aromatic heterocycles. The molecule has 0 atom stereocenters. The third-order valence-corrected chi connectivity index (χ3v) is 1.74. The van der Waals surface area contributed by atoms with E-state index in [4.69, 9.17) is 0 Å². The van der Waals surface area contributed by atoms with E-state index in [1.165, 1.54) is 12.1 Å². The standard InChI is InChI=1S/C10H10N2O4/c1-2-10(13)16-7-11-8-5-3-4-6-9(8)12(14)15/h2-6,11H,1,7H2. The molecule has 0 aliphatic carbocycles. The smallest absolute Gasteiger partial charge is 0.331 e. The highest BCUT2D eigenvalue weighted by Crippen LogP contribution is 2.22. The number of hydrogen-bond donors (Lipinski definition) is 1. The molecule has 0 heterocycles. The van der Waals surface area contributed by atoms with Crippen LogP contribution in [0.1, 0.15) is 0 Å². The minimum atomic E-state index is -0.592. The zero-order chi connectivity index (χ0) is 12.0. The summed E-state index contributed by atoms with van der Waals surface area (Å²) in [6.45, 7) is 3.08. The molecule has 1 aromatic carbocycles. The molecule has 0 saturated carbocycles. The van der Waals surface area contributed by atoms with Crippen LogP contribution in [0.3, 0.4) is 0 Å². The van der Waals surface area contributed by atoms with Gasteiger partial charge in [0.25, 0.3) is 5.69 Å². The molecule has 0 saturated heterocycles. The van der Waals surface area contributed by atoms with Gasteiger partial charge in [0.2, 0.25) is 0 Å². The van der Waals surface area contributed by atoms with Crippen LogP contribution in [-0.2, 0) is 9.53 Å². The number of carbonyl (C=O) groups excluding carboxylic acids is 1. The Balaban J connectivity index is 2.63. The van der Waals surface area contributed by atoms with Crippen molar-refractivity contribution in [3.63, 3.8) is 0 Å².